The minimum atomic E-state index is -0.289. The SMILES string of the molecule is Nc1csc(NN=Cc2ccc(-c3ccccc3C3OCCO3)cc2)n1. The fraction of sp³-hybridized carbons (Fsp3) is 0.158. The van der Waals surface area contributed by atoms with Crippen LogP contribution in [0.25, 0.3) is 11.1 Å². The zero-order valence-electron chi connectivity index (χ0n) is 14.0. The highest BCUT2D eigenvalue weighted by molar-refractivity contribution is 7.14. The van der Waals surface area contributed by atoms with Crippen molar-refractivity contribution >= 4 is 28.5 Å². The van der Waals surface area contributed by atoms with Crippen LogP contribution >= 0.6 is 11.3 Å². The highest BCUT2D eigenvalue weighted by Gasteiger charge is 2.21. The summed E-state index contributed by atoms with van der Waals surface area (Å²) in [5.74, 6) is 0.492. The van der Waals surface area contributed by atoms with Crippen LogP contribution in [0.4, 0.5) is 10.9 Å². The number of aromatic nitrogens is 1. The second kappa shape index (κ2) is 7.65. The van der Waals surface area contributed by atoms with Crippen LogP contribution in [0.2, 0.25) is 0 Å². The normalized spacial score (nSPS) is 14.9. The number of hydrogen-bond donors (Lipinski definition) is 2. The maximum absolute atomic E-state index is 5.66. The Balaban J connectivity index is 1.49. The molecule has 7 heteroatoms. The third kappa shape index (κ3) is 3.75. The van der Waals surface area contributed by atoms with E-state index in [1.807, 2.05) is 30.3 Å². The van der Waals surface area contributed by atoms with Gasteiger partial charge in [0, 0.05) is 10.9 Å². The van der Waals surface area contributed by atoms with Crippen LogP contribution in [-0.2, 0) is 9.47 Å². The van der Waals surface area contributed by atoms with Gasteiger partial charge in [0.25, 0.3) is 0 Å². The molecule has 26 heavy (non-hydrogen) atoms. The molecule has 132 valence electrons. The molecule has 3 aromatic rings. The van der Waals surface area contributed by atoms with Crippen LogP contribution in [0.15, 0.2) is 59.0 Å². The predicted molar refractivity (Wildman–Crippen MR) is 104 cm³/mol. The number of nitrogens with one attached hydrogen (secondary N) is 1. The van der Waals surface area contributed by atoms with Crippen molar-refractivity contribution in [1.29, 1.82) is 0 Å². The number of thiazole rings is 1. The fourth-order valence-corrected chi connectivity index (χ4v) is 3.30. The number of hydrogen-bond acceptors (Lipinski definition) is 7. The molecule has 1 aliphatic heterocycles. The maximum Gasteiger partial charge on any atom is 0.205 e. The predicted octanol–water partition coefficient (Wildman–Crippen LogP) is 3.88. The third-order valence-electron chi connectivity index (χ3n) is 3.95. The summed E-state index contributed by atoms with van der Waals surface area (Å²) in [4.78, 5) is 4.09. The van der Waals surface area contributed by atoms with Gasteiger partial charge in [0.1, 0.15) is 5.82 Å². The van der Waals surface area contributed by atoms with E-state index >= 15 is 0 Å². The lowest BCUT2D eigenvalue weighted by molar-refractivity contribution is -0.0436. The van der Waals surface area contributed by atoms with E-state index in [2.05, 4.69) is 33.7 Å². The van der Waals surface area contributed by atoms with Gasteiger partial charge in [-0.25, -0.2) is 4.98 Å². The number of rotatable bonds is 5. The van der Waals surface area contributed by atoms with E-state index in [9.17, 15) is 0 Å². The third-order valence-corrected chi connectivity index (χ3v) is 4.72. The molecule has 6 nitrogen and oxygen atoms in total. The summed E-state index contributed by atoms with van der Waals surface area (Å²) in [6.45, 7) is 1.26. The van der Waals surface area contributed by atoms with Gasteiger partial charge in [-0.3, -0.25) is 5.43 Å². The molecular formula is C19H18N4O2S. The molecule has 2 heterocycles. The molecule has 0 aliphatic carbocycles. The largest absolute Gasteiger partial charge is 0.383 e. The smallest absolute Gasteiger partial charge is 0.205 e. The monoisotopic (exact) mass is 366 g/mol. The van der Waals surface area contributed by atoms with Gasteiger partial charge in [-0.2, -0.15) is 5.10 Å². The van der Waals surface area contributed by atoms with E-state index in [1.54, 1.807) is 11.6 Å². The lowest BCUT2D eigenvalue weighted by Crippen LogP contribution is -2.00. The van der Waals surface area contributed by atoms with Gasteiger partial charge in [0.15, 0.2) is 6.29 Å². The van der Waals surface area contributed by atoms with Crippen LogP contribution in [-0.4, -0.2) is 24.4 Å². The standard InChI is InChI=1S/C19H18N4O2S/c20-17-12-26-19(22-17)23-21-11-13-5-7-14(8-6-13)15-3-1-2-4-16(15)18-24-9-10-25-18/h1-8,11-12,18H,9-10,20H2,(H,22,23). The van der Waals surface area contributed by atoms with Crippen LogP contribution in [0.1, 0.15) is 17.4 Å². The van der Waals surface area contributed by atoms with Crippen molar-refractivity contribution < 1.29 is 9.47 Å². The Labute approximate surface area is 155 Å². The first-order valence-corrected chi connectivity index (χ1v) is 9.10. The summed E-state index contributed by atoms with van der Waals surface area (Å²) in [5, 5.41) is 6.62. The second-order valence-electron chi connectivity index (χ2n) is 5.73. The molecular weight excluding hydrogens is 348 g/mol. The molecule has 0 unspecified atom stereocenters. The zero-order chi connectivity index (χ0) is 17.8. The van der Waals surface area contributed by atoms with E-state index in [-0.39, 0.29) is 6.29 Å². The summed E-state index contributed by atoms with van der Waals surface area (Å²) >= 11 is 1.41. The molecule has 0 spiro atoms. The first kappa shape index (κ1) is 16.7. The summed E-state index contributed by atoms with van der Waals surface area (Å²) < 4.78 is 11.3. The summed E-state index contributed by atoms with van der Waals surface area (Å²) in [6, 6.07) is 16.3. The number of nitrogens with two attached hydrogens (primary N) is 1. The van der Waals surface area contributed by atoms with Crippen molar-refractivity contribution in [3.05, 3.63) is 65.0 Å². The number of hydrazone groups is 1. The minimum Gasteiger partial charge on any atom is -0.383 e. The molecule has 0 amide bonds. The van der Waals surface area contributed by atoms with Crippen molar-refractivity contribution in [2.24, 2.45) is 5.10 Å². The molecule has 3 N–H and O–H groups in total. The average Bonchev–Trinajstić information content (AvgIpc) is 3.34. The minimum absolute atomic E-state index is 0.289. The van der Waals surface area contributed by atoms with E-state index in [1.165, 1.54) is 11.3 Å². The van der Waals surface area contributed by atoms with Crippen LogP contribution in [0, 0.1) is 0 Å². The maximum atomic E-state index is 5.66. The van der Waals surface area contributed by atoms with Gasteiger partial charge in [0.2, 0.25) is 5.13 Å². The molecule has 2 aromatic carbocycles. The Kier molecular flexibility index (Phi) is 4.92. The molecule has 4 rings (SSSR count). The summed E-state index contributed by atoms with van der Waals surface area (Å²) in [5.41, 5.74) is 12.7. The Morgan fingerprint density at radius 3 is 2.62 bits per heavy atom. The van der Waals surface area contributed by atoms with Gasteiger partial charge in [-0.05, 0) is 16.7 Å². The van der Waals surface area contributed by atoms with Crippen molar-refractivity contribution in [2.45, 2.75) is 6.29 Å². The fourth-order valence-electron chi connectivity index (χ4n) is 2.75. The lowest BCUT2D eigenvalue weighted by atomic mass is 9.98. The molecule has 1 aromatic heterocycles. The number of ether oxygens (including phenoxy) is 2. The molecule has 0 atom stereocenters. The highest BCUT2D eigenvalue weighted by atomic mass is 32.1. The Morgan fingerprint density at radius 1 is 1.12 bits per heavy atom. The molecule has 1 aliphatic rings. The molecule has 1 fully saturated rings. The average molecular weight is 366 g/mol. The van der Waals surface area contributed by atoms with Crippen molar-refractivity contribution in [1.82, 2.24) is 4.98 Å². The molecule has 0 saturated carbocycles. The second-order valence-corrected chi connectivity index (χ2v) is 6.59. The molecule has 0 radical (unpaired) electrons. The highest BCUT2D eigenvalue weighted by Crippen LogP contribution is 2.32. The Hall–Kier alpha value is -2.74. The van der Waals surface area contributed by atoms with E-state index in [0.29, 0.717) is 24.2 Å². The summed E-state index contributed by atoms with van der Waals surface area (Å²) in [7, 11) is 0. The van der Waals surface area contributed by atoms with Crippen molar-refractivity contribution in [3.63, 3.8) is 0 Å². The number of benzene rings is 2. The van der Waals surface area contributed by atoms with Gasteiger partial charge in [-0.15, -0.1) is 11.3 Å². The van der Waals surface area contributed by atoms with Gasteiger partial charge >= 0.3 is 0 Å². The van der Waals surface area contributed by atoms with E-state index in [0.717, 1.165) is 22.3 Å². The zero-order valence-corrected chi connectivity index (χ0v) is 14.8. The van der Waals surface area contributed by atoms with Crippen LogP contribution in [0.3, 0.4) is 0 Å². The van der Waals surface area contributed by atoms with Gasteiger partial charge in [-0.1, -0.05) is 48.5 Å². The number of nitrogen functional groups attached to an aromatic ring is 1. The molecule has 0 bridgehead atoms. The Morgan fingerprint density at radius 2 is 1.88 bits per heavy atom. The molecule has 1 saturated heterocycles. The van der Waals surface area contributed by atoms with Crippen molar-refractivity contribution in [3.8, 4) is 11.1 Å². The van der Waals surface area contributed by atoms with Crippen LogP contribution < -0.4 is 11.2 Å². The van der Waals surface area contributed by atoms with Gasteiger partial charge < -0.3 is 15.2 Å². The first-order chi connectivity index (χ1) is 12.8. The van der Waals surface area contributed by atoms with E-state index in [4.69, 9.17) is 15.2 Å². The lowest BCUT2D eigenvalue weighted by Gasteiger charge is -2.14. The summed E-state index contributed by atoms with van der Waals surface area (Å²) in [6.07, 6.45) is 1.46. The quantitative estimate of drug-likeness (QED) is 0.529. The van der Waals surface area contributed by atoms with E-state index < -0.39 is 0 Å². The van der Waals surface area contributed by atoms with Crippen LogP contribution in [0.5, 0.6) is 0 Å². The first-order valence-electron chi connectivity index (χ1n) is 8.22. The van der Waals surface area contributed by atoms with Crippen molar-refractivity contribution in [2.75, 3.05) is 24.4 Å². The topological polar surface area (TPSA) is 81.8 Å². The number of anilines is 2. The number of nitrogens with zero attached hydrogens (tertiary/aromatic N) is 2. The Bertz CT molecular complexity index is 902. The van der Waals surface area contributed by atoms with Gasteiger partial charge in [0.05, 0.1) is 19.4 Å².